The second kappa shape index (κ2) is 13.5. The van der Waals surface area contributed by atoms with Gasteiger partial charge in [-0.05, 0) is 30.7 Å². The molecule has 1 saturated heterocycles. The molecule has 31 heavy (non-hydrogen) atoms. The van der Waals surface area contributed by atoms with Gasteiger partial charge >= 0.3 is 0 Å². The molecule has 1 fully saturated rings. The Labute approximate surface area is 198 Å². The Hall–Kier alpha value is -1.86. The third-order valence-corrected chi connectivity index (χ3v) is 5.62. The lowest BCUT2D eigenvalue weighted by atomic mass is 10.1. The van der Waals surface area contributed by atoms with Gasteiger partial charge in [0.1, 0.15) is 26.2 Å². The Morgan fingerprint density at radius 3 is 1.97 bits per heavy atom. The van der Waals surface area contributed by atoms with Crippen molar-refractivity contribution in [1.82, 2.24) is 0 Å². The van der Waals surface area contributed by atoms with E-state index in [1.165, 1.54) is 16.2 Å². The normalized spacial score (nSPS) is 17.7. The van der Waals surface area contributed by atoms with Gasteiger partial charge in [-0.2, -0.15) is 0 Å². The summed E-state index contributed by atoms with van der Waals surface area (Å²) in [6, 6.07) is 12.5. The third kappa shape index (κ3) is 6.81. The highest BCUT2D eigenvalue weighted by Crippen LogP contribution is 2.38. The second-order valence-electron chi connectivity index (χ2n) is 7.32. The zero-order chi connectivity index (χ0) is 20.6. The first kappa shape index (κ1) is 27.2. The summed E-state index contributed by atoms with van der Waals surface area (Å²) >= 11 is 0. The molecular weight excluding hydrogens is 439 g/mol. The van der Waals surface area contributed by atoms with Crippen molar-refractivity contribution in [2.75, 3.05) is 60.7 Å². The number of quaternary nitrogens is 2. The van der Waals surface area contributed by atoms with E-state index in [0.29, 0.717) is 12.4 Å². The van der Waals surface area contributed by atoms with Crippen LogP contribution in [0.4, 0.5) is 5.69 Å². The Morgan fingerprint density at radius 1 is 0.806 bits per heavy atom. The van der Waals surface area contributed by atoms with Gasteiger partial charge in [0.25, 0.3) is 0 Å². The number of hydrogen-bond acceptors (Lipinski definition) is 4. The predicted molar refractivity (Wildman–Crippen MR) is 113 cm³/mol. The number of halogens is 2. The Morgan fingerprint density at radius 2 is 1.42 bits per heavy atom. The third-order valence-electron chi connectivity index (χ3n) is 5.62. The summed E-state index contributed by atoms with van der Waals surface area (Å²) in [6.45, 7) is 8.39. The van der Waals surface area contributed by atoms with Crippen LogP contribution < -0.4 is 53.6 Å². The summed E-state index contributed by atoms with van der Waals surface area (Å²) < 4.78 is 22.2. The molecule has 0 atom stereocenters. The monoisotopic (exact) mass is 472 g/mol. The fourth-order valence-corrected chi connectivity index (χ4v) is 4.07. The van der Waals surface area contributed by atoms with Crippen LogP contribution in [0.15, 0.2) is 36.4 Å². The van der Waals surface area contributed by atoms with Crippen LogP contribution in [0.5, 0.6) is 23.0 Å². The lowest BCUT2D eigenvalue weighted by Gasteiger charge is -2.30. The van der Waals surface area contributed by atoms with Crippen LogP contribution in [-0.4, -0.2) is 60.7 Å². The average molecular weight is 473 g/mol. The molecule has 0 bridgehead atoms. The molecule has 2 N–H and O–H groups in total. The zero-order valence-corrected chi connectivity index (χ0v) is 20.3. The van der Waals surface area contributed by atoms with E-state index in [1.807, 2.05) is 13.0 Å². The van der Waals surface area contributed by atoms with E-state index in [0.717, 1.165) is 56.4 Å². The van der Waals surface area contributed by atoms with Crippen LogP contribution >= 0.6 is 0 Å². The number of para-hydroxylation sites is 2. The molecule has 174 valence electrons. The number of hydrogen-bond donors (Lipinski definition) is 2. The Kier molecular flexibility index (Phi) is 11.9. The molecule has 0 spiro atoms. The van der Waals surface area contributed by atoms with Crippen LogP contribution in [-0.2, 0) is 6.42 Å². The van der Waals surface area contributed by atoms with E-state index in [4.69, 9.17) is 18.9 Å². The smallest absolute Gasteiger partial charge is 0.203 e. The highest BCUT2D eigenvalue weighted by Gasteiger charge is 2.26. The predicted octanol–water partition coefficient (Wildman–Crippen LogP) is -5.22. The topological polar surface area (TPSA) is 45.8 Å². The van der Waals surface area contributed by atoms with E-state index in [2.05, 4.69) is 30.3 Å². The van der Waals surface area contributed by atoms with Crippen molar-refractivity contribution in [2.24, 2.45) is 0 Å². The first-order chi connectivity index (χ1) is 14.2. The SMILES string of the molecule is CCOc1ccccc1[NH+]1CC[NH+](CCc2cc(OC)c(OC)c(OC)c2)CC1.[Cl-].[Cl-]. The van der Waals surface area contributed by atoms with Crippen molar-refractivity contribution >= 4 is 5.69 Å². The van der Waals surface area contributed by atoms with Crippen LogP contribution in [0.2, 0.25) is 0 Å². The van der Waals surface area contributed by atoms with Gasteiger partial charge in [-0.1, -0.05) is 12.1 Å². The molecule has 1 heterocycles. The van der Waals surface area contributed by atoms with Gasteiger partial charge in [0, 0.05) is 12.5 Å². The van der Waals surface area contributed by atoms with Crippen LogP contribution in [0.25, 0.3) is 0 Å². The van der Waals surface area contributed by atoms with Crippen LogP contribution in [0.3, 0.4) is 0 Å². The van der Waals surface area contributed by atoms with E-state index < -0.39 is 0 Å². The molecule has 0 radical (unpaired) electrons. The van der Waals surface area contributed by atoms with Gasteiger partial charge in [0.05, 0.1) is 34.5 Å². The molecule has 0 unspecified atom stereocenters. The lowest BCUT2D eigenvalue weighted by molar-refractivity contribution is -0.986. The van der Waals surface area contributed by atoms with E-state index >= 15 is 0 Å². The van der Waals surface area contributed by atoms with Crippen molar-refractivity contribution in [3.8, 4) is 23.0 Å². The summed E-state index contributed by atoms with van der Waals surface area (Å²) in [5.74, 6) is 3.11. The minimum Gasteiger partial charge on any atom is -1.00 e. The van der Waals surface area contributed by atoms with Gasteiger partial charge in [-0.25, -0.2) is 0 Å². The summed E-state index contributed by atoms with van der Waals surface area (Å²) in [5, 5.41) is 0. The quantitative estimate of drug-likeness (QED) is 0.383. The number of nitrogens with one attached hydrogen (secondary N) is 2. The second-order valence-corrected chi connectivity index (χ2v) is 7.32. The summed E-state index contributed by atoms with van der Waals surface area (Å²) in [7, 11) is 4.96. The number of ether oxygens (including phenoxy) is 4. The molecule has 2 aromatic carbocycles. The molecule has 2 aromatic rings. The van der Waals surface area contributed by atoms with Crippen LogP contribution in [0, 0.1) is 0 Å². The number of rotatable bonds is 9. The molecular formula is C23H34Cl2N2O4. The fourth-order valence-electron chi connectivity index (χ4n) is 4.07. The maximum atomic E-state index is 5.82. The maximum absolute atomic E-state index is 5.82. The minimum absolute atomic E-state index is 0. The number of benzene rings is 2. The molecule has 0 saturated carbocycles. The van der Waals surface area contributed by atoms with Crippen molar-refractivity contribution in [1.29, 1.82) is 0 Å². The maximum Gasteiger partial charge on any atom is 0.203 e. The Bertz CT molecular complexity index is 774. The van der Waals surface area contributed by atoms with Crippen molar-refractivity contribution in [3.63, 3.8) is 0 Å². The van der Waals surface area contributed by atoms with Crippen molar-refractivity contribution in [3.05, 3.63) is 42.0 Å². The van der Waals surface area contributed by atoms with Gasteiger partial charge in [0.15, 0.2) is 22.9 Å². The zero-order valence-electron chi connectivity index (χ0n) is 18.8. The molecule has 1 aliphatic rings. The number of methoxy groups -OCH3 is 3. The first-order valence-corrected chi connectivity index (χ1v) is 10.4. The summed E-state index contributed by atoms with van der Waals surface area (Å²) in [5.41, 5.74) is 2.50. The number of piperazine rings is 1. The van der Waals surface area contributed by atoms with E-state index in [-0.39, 0.29) is 24.8 Å². The molecule has 3 rings (SSSR count). The van der Waals surface area contributed by atoms with Gasteiger partial charge in [-0.3, -0.25) is 4.90 Å². The highest BCUT2D eigenvalue weighted by atomic mass is 35.5. The first-order valence-electron chi connectivity index (χ1n) is 10.4. The lowest BCUT2D eigenvalue weighted by Crippen LogP contribution is -3.26. The largest absolute Gasteiger partial charge is 1.00 e. The fraction of sp³-hybridized carbons (Fsp3) is 0.478. The Balaban J connectivity index is 0.00000240. The van der Waals surface area contributed by atoms with E-state index in [9.17, 15) is 0 Å². The van der Waals surface area contributed by atoms with Gasteiger partial charge < -0.3 is 48.7 Å². The van der Waals surface area contributed by atoms with Gasteiger partial charge in [0.2, 0.25) is 5.75 Å². The minimum atomic E-state index is 0. The molecule has 0 aliphatic carbocycles. The molecule has 8 heteroatoms. The average Bonchev–Trinajstić information content (AvgIpc) is 2.78. The van der Waals surface area contributed by atoms with E-state index in [1.54, 1.807) is 26.2 Å². The molecule has 0 aromatic heterocycles. The molecule has 6 nitrogen and oxygen atoms in total. The molecule has 0 amide bonds. The van der Waals surface area contributed by atoms with Crippen molar-refractivity contribution in [2.45, 2.75) is 13.3 Å². The summed E-state index contributed by atoms with van der Waals surface area (Å²) in [4.78, 5) is 3.15. The molecule has 1 aliphatic heterocycles. The van der Waals surface area contributed by atoms with Crippen LogP contribution in [0.1, 0.15) is 12.5 Å². The highest BCUT2D eigenvalue weighted by molar-refractivity contribution is 5.53. The summed E-state index contributed by atoms with van der Waals surface area (Å²) in [6.07, 6.45) is 0.983. The van der Waals surface area contributed by atoms with Crippen molar-refractivity contribution < 1.29 is 53.6 Å². The van der Waals surface area contributed by atoms with Gasteiger partial charge in [-0.15, -0.1) is 0 Å². The standard InChI is InChI=1S/C23H32N2O4.2ClH/c1-5-29-20-9-7-6-8-19(20)25-14-12-24(13-15-25)11-10-18-16-21(26-2)23(28-4)22(17-18)27-3;;/h6-9,16-17H,5,10-15H2,1-4H3;2*1H.